The van der Waals surface area contributed by atoms with E-state index in [0.29, 0.717) is 6.42 Å². The van der Waals surface area contributed by atoms with Gasteiger partial charge in [-0.2, -0.15) is 4.98 Å². The van der Waals surface area contributed by atoms with E-state index in [2.05, 4.69) is 20.8 Å². The number of aliphatic carboxylic acids is 1. The molecule has 1 unspecified atom stereocenters. The number of carboxylic acids is 1. The Bertz CT molecular complexity index is 871. The molecule has 4 atom stereocenters. The van der Waals surface area contributed by atoms with Gasteiger partial charge in [0.05, 0.1) is 18.6 Å². The van der Waals surface area contributed by atoms with E-state index in [1.54, 1.807) is 0 Å². The van der Waals surface area contributed by atoms with E-state index < -0.39 is 42.1 Å². The number of primary amides is 1. The van der Waals surface area contributed by atoms with Gasteiger partial charge in [-0.25, -0.2) is 9.59 Å². The predicted octanol–water partition coefficient (Wildman–Crippen LogP) is -0.638. The number of carboxylic acid groups (broad SMARTS) is 1. The standard InChI is InChI=1S/C18H24N6O6/c1-9(25)14(17(27)28)22-18(29)21-12(8-13(20)26)16-23-15(24-30-16)11(19)7-10-5-3-2-4-6-10/h2-6,9,11-12,14,25H,7-8,19H2,1H3,(H2,20,26)(H,27,28)(H2,21,22,29)/t9?,11-,12-,14-/m0/s1. The molecule has 0 saturated carbocycles. The molecule has 1 aromatic heterocycles. The number of nitrogens with two attached hydrogens (primary N) is 2. The van der Waals surface area contributed by atoms with Gasteiger partial charge in [0.2, 0.25) is 11.8 Å². The molecule has 0 spiro atoms. The zero-order valence-electron chi connectivity index (χ0n) is 16.2. The van der Waals surface area contributed by atoms with Crippen molar-refractivity contribution in [3.05, 3.63) is 47.6 Å². The van der Waals surface area contributed by atoms with Crippen LogP contribution in [0.3, 0.4) is 0 Å². The van der Waals surface area contributed by atoms with Crippen molar-refractivity contribution < 1.29 is 29.1 Å². The van der Waals surface area contributed by atoms with Gasteiger partial charge in [-0.1, -0.05) is 35.5 Å². The number of hydrogen-bond donors (Lipinski definition) is 6. The molecule has 2 aromatic rings. The van der Waals surface area contributed by atoms with Gasteiger partial charge in [0, 0.05) is 0 Å². The van der Waals surface area contributed by atoms with Crippen molar-refractivity contribution in [1.29, 1.82) is 0 Å². The molecule has 3 amide bonds. The van der Waals surface area contributed by atoms with Crippen LogP contribution in [0, 0.1) is 0 Å². The van der Waals surface area contributed by atoms with Crippen LogP contribution in [0.5, 0.6) is 0 Å². The number of urea groups is 1. The summed E-state index contributed by atoms with van der Waals surface area (Å²) < 4.78 is 5.13. The van der Waals surface area contributed by atoms with Gasteiger partial charge < -0.3 is 36.8 Å². The van der Waals surface area contributed by atoms with E-state index in [-0.39, 0.29) is 18.1 Å². The van der Waals surface area contributed by atoms with E-state index in [9.17, 15) is 19.5 Å². The number of hydrogen-bond acceptors (Lipinski definition) is 8. The first-order chi connectivity index (χ1) is 14.2. The smallest absolute Gasteiger partial charge is 0.328 e. The lowest BCUT2D eigenvalue weighted by Gasteiger charge is -2.19. The molecule has 1 aromatic carbocycles. The number of aliphatic hydroxyl groups excluding tert-OH is 1. The van der Waals surface area contributed by atoms with Crippen LogP contribution in [0.4, 0.5) is 4.79 Å². The minimum atomic E-state index is -1.56. The fourth-order valence-electron chi connectivity index (χ4n) is 2.63. The molecule has 0 aliphatic heterocycles. The first-order valence-corrected chi connectivity index (χ1v) is 9.06. The van der Waals surface area contributed by atoms with Crippen LogP contribution >= 0.6 is 0 Å². The Morgan fingerprint density at radius 3 is 2.43 bits per heavy atom. The van der Waals surface area contributed by atoms with Crippen LogP contribution in [-0.4, -0.2) is 50.4 Å². The molecular weight excluding hydrogens is 396 g/mol. The van der Waals surface area contributed by atoms with Crippen LogP contribution in [0.1, 0.15) is 42.7 Å². The van der Waals surface area contributed by atoms with Crippen molar-refractivity contribution in [3.8, 4) is 0 Å². The predicted molar refractivity (Wildman–Crippen MR) is 103 cm³/mol. The third-order valence-corrected chi connectivity index (χ3v) is 4.13. The lowest BCUT2D eigenvalue weighted by Crippen LogP contribution is -2.52. The minimum absolute atomic E-state index is 0.119. The van der Waals surface area contributed by atoms with Gasteiger partial charge in [0.25, 0.3) is 0 Å². The van der Waals surface area contributed by atoms with Crippen LogP contribution < -0.4 is 22.1 Å². The molecule has 0 fully saturated rings. The number of nitrogens with zero attached hydrogens (tertiary/aromatic N) is 2. The highest BCUT2D eigenvalue weighted by Crippen LogP contribution is 2.19. The molecule has 0 bridgehead atoms. The Hall–Kier alpha value is -3.51. The Kier molecular flexibility index (Phi) is 7.83. The zero-order chi connectivity index (χ0) is 22.3. The van der Waals surface area contributed by atoms with Crippen LogP contribution in [0.2, 0.25) is 0 Å². The maximum absolute atomic E-state index is 12.1. The summed E-state index contributed by atoms with van der Waals surface area (Å²) in [5, 5.41) is 26.7. The first kappa shape index (κ1) is 22.8. The van der Waals surface area contributed by atoms with Crippen molar-refractivity contribution >= 4 is 17.9 Å². The highest BCUT2D eigenvalue weighted by molar-refractivity contribution is 5.83. The normalized spacial score (nSPS) is 14.9. The average Bonchev–Trinajstić information content (AvgIpc) is 3.16. The molecule has 2 rings (SSSR count). The Labute approximate surface area is 171 Å². The fourth-order valence-corrected chi connectivity index (χ4v) is 2.63. The molecule has 0 saturated heterocycles. The topological polar surface area (TPSA) is 207 Å². The minimum Gasteiger partial charge on any atom is -0.480 e. The molecule has 0 radical (unpaired) electrons. The quantitative estimate of drug-likeness (QED) is 0.288. The highest BCUT2D eigenvalue weighted by Gasteiger charge is 2.29. The Balaban J connectivity index is 2.10. The summed E-state index contributed by atoms with van der Waals surface area (Å²) >= 11 is 0. The maximum atomic E-state index is 12.1. The number of benzene rings is 1. The van der Waals surface area contributed by atoms with E-state index in [1.807, 2.05) is 30.3 Å². The molecule has 1 heterocycles. The molecule has 12 heteroatoms. The number of carbonyl (C=O) groups excluding carboxylic acids is 2. The number of aromatic nitrogens is 2. The Morgan fingerprint density at radius 1 is 1.20 bits per heavy atom. The lowest BCUT2D eigenvalue weighted by molar-refractivity contribution is -0.141. The third kappa shape index (κ3) is 6.53. The van der Waals surface area contributed by atoms with Crippen LogP contribution in [0.25, 0.3) is 0 Å². The molecular formula is C18H24N6O6. The van der Waals surface area contributed by atoms with Gasteiger partial charge in [0.15, 0.2) is 11.9 Å². The number of aliphatic hydroxyl groups is 1. The number of amides is 3. The van der Waals surface area contributed by atoms with Gasteiger partial charge in [0.1, 0.15) is 6.04 Å². The molecule has 12 nitrogen and oxygen atoms in total. The van der Waals surface area contributed by atoms with Crippen LogP contribution in [-0.2, 0) is 16.0 Å². The van der Waals surface area contributed by atoms with E-state index in [1.165, 1.54) is 6.92 Å². The first-order valence-electron chi connectivity index (χ1n) is 9.06. The second-order valence-electron chi connectivity index (χ2n) is 6.68. The molecule has 162 valence electrons. The molecule has 0 aliphatic rings. The molecule has 0 aliphatic carbocycles. The molecule has 8 N–H and O–H groups in total. The van der Waals surface area contributed by atoms with Gasteiger partial charge in [-0.15, -0.1) is 0 Å². The van der Waals surface area contributed by atoms with Crippen molar-refractivity contribution in [2.24, 2.45) is 11.5 Å². The van der Waals surface area contributed by atoms with Crippen molar-refractivity contribution in [2.75, 3.05) is 0 Å². The summed E-state index contributed by atoms with van der Waals surface area (Å²) in [6, 6.07) is 5.15. The maximum Gasteiger partial charge on any atom is 0.328 e. The van der Waals surface area contributed by atoms with E-state index >= 15 is 0 Å². The summed E-state index contributed by atoms with van der Waals surface area (Å²) in [4.78, 5) is 38.8. The van der Waals surface area contributed by atoms with Gasteiger partial charge in [-0.3, -0.25) is 4.79 Å². The zero-order valence-corrected chi connectivity index (χ0v) is 16.2. The SMILES string of the molecule is CC(O)[C@H](NC(=O)N[C@@H](CC(N)=O)c1nc([C@@H](N)Cc2ccccc2)no1)C(=O)O. The Morgan fingerprint density at radius 2 is 1.87 bits per heavy atom. The highest BCUT2D eigenvalue weighted by atomic mass is 16.5. The third-order valence-electron chi connectivity index (χ3n) is 4.13. The summed E-state index contributed by atoms with van der Waals surface area (Å²) in [6.07, 6.45) is -1.30. The number of carbonyl (C=O) groups is 3. The molecule has 30 heavy (non-hydrogen) atoms. The van der Waals surface area contributed by atoms with Crippen LogP contribution in [0.15, 0.2) is 34.9 Å². The number of rotatable bonds is 10. The number of nitrogens with one attached hydrogen (secondary N) is 2. The van der Waals surface area contributed by atoms with Gasteiger partial charge in [-0.05, 0) is 18.9 Å². The van der Waals surface area contributed by atoms with E-state index in [0.717, 1.165) is 5.56 Å². The fraction of sp³-hybridized carbons (Fsp3) is 0.389. The van der Waals surface area contributed by atoms with Crippen molar-refractivity contribution in [2.45, 2.75) is 44.0 Å². The lowest BCUT2D eigenvalue weighted by atomic mass is 10.1. The largest absolute Gasteiger partial charge is 0.480 e. The monoisotopic (exact) mass is 420 g/mol. The summed E-state index contributed by atoms with van der Waals surface area (Å²) in [5.74, 6) is -2.15. The summed E-state index contributed by atoms with van der Waals surface area (Å²) in [7, 11) is 0. The van der Waals surface area contributed by atoms with Crippen molar-refractivity contribution in [3.63, 3.8) is 0 Å². The second-order valence-corrected chi connectivity index (χ2v) is 6.68. The summed E-state index contributed by atoms with van der Waals surface area (Å²) in [5.41, 5.74) is 12.3. The van der Waals surface area contributed by atoms with Gasteiger partial charge >= 0.3 is 12.0 Å². The summed E-state index contributed by atoms with van der Waals surface area (Å²) in [6.45, 7) is 1.21. The second kappa shape index (κ2) is 10.3. The van der Waals surface area contributed by atoms with Crippen molar-refractivity contribution in [1.82, 2.24) is 20.8 Å². The van der Waals surface area contributed by atoms with E-state index in [4.69, 9.17) is 21.1 Å². The average molecular weight is 420 g/mol.